The Balaban J connectivity index is 1.88. The van der Waals surface area contributed by atoms with Crippen molar-refractivity contribution in [1.29, 1.82) is 0 Å². The highest BCUT2D eigenvalue weighted by Crippen LogP contribution is 2.26. The molecule has 1 heterocycles. The van der Waals surface area contributed by atoms with Crippen molar-refractivity contribution in [2.24, 2.45) is 0 Å². The van der Waals surface area contributed by atoms with Crippen LogP contribution in [0.15, 0.2) is 39.4 Å². The number of hydrogen-bond acceptors (Lipinski definition) is 4. The summed E-state index contributed by atoms with van der Waals surface area (Å²) in [6, 6.07) is 7.64. The fraction of sp³-hybridized carbons (Fsp3) is 0.200. The van der Waals surface area contributed by atoms with Crippen molar-refractivity contribution in [2.75, 3.05) is 6.61 Å². The standard InChI is InChI=1S/C15H12BrCl2NO4/c1-8(10-3-2-9(17)6-11(10)18)19-14(20)7-22-15(21)12-4-5-13(16)23-12/h2-6,8H,7H2,1H3,(H,19,20)/t8-/m0/s1. The lowest BCUT2D eigenvalue weighted by molar-refractivity contribution is -0.124. The van der Waals surface area contributed by atoms with Crippen molar-refractivity contribution >= 4 is 51.0 Å². The molecular weight excluding hydrogens is 409 g/mol. The number of furan rings is 1. The predicted molar refractivity (Wildman–Crippen MR) is 89.7 cm³/mol. The molecule has 1 aromatic heterocycles. The third-order valence-electron chi connectivity index (χ3n) is 2.92. The van der Waals surface area contributed by atoms with Gasteiger partial charge in [0.1, 0.15) is 0 Å². The molecule has 0 aliphatic heterocycles. The van der Waals surface area contributed by atoms with E-state index in [9.17, 15) is 9.59 Å². The molecule has 0 aliphatic carbocycles. The van der Waals surface area contributed by atoms with E-state index in [-0.39, 0.29) is 11.8 Å². The molecule has 0 aliphatic rings. The maximum atomic E-state index is 11.8. The zero-order valence-corrected chi connectivity index (χ0v) is 15.0. The molecule has 1 amide bonds. The lowest BCUT2D eigenvalue weighted by Gasteiger charge is -2.15. The number of esters is 1. The van der Waals surface area contributed by atoms with Crippen molar-refractivity contribution in [3.8, 4) is 0 Å². The monoisotopic (exact) mass is 419 g/mol. The Morgan fingerprint density at radius 2 is 2.04 bits per heavy atom. The fourth-order valence-corrected chi connectivity index (χ4v) is 2.72. The lowest BCUT2D eigenvalue weighted by Crippen LogP contribution is -2.31. The molecule has 2 aromatic rings. The summed E-state index contributed by atoms with van der Waals surface area (Å²) in [5.74, 6) is -1.16. The van der Waals surface area contributed by atoms with Gasteiger partial charge < -0.3 is 14.5 Å². The minimum atomic E-state index is -0.719. The molecule has 0 fully saturated rings. The minimum Gasteiger partial charge on any atom is -0.450 e. The lowest BCUT2D eigenvalue weighted by atomic mass is 10.1. The Kier molecular flexibility index (Phi) is 6.10. The van der Waals surface area contributed by atoms with E-state index in [1.54, 1.807) is 31.2 Å². The number of amides is 1. The number of ether oxygens (including phenoxy) is 1. The van der Waals surface area contributed by atoms with Crippen LogP contribution in [0.1, 0.15) is 29.1 Å². The van der Waals surface area contributed by atoms with Crippen molar-refractivity contribution < 1.29 is 18.7 Å². The van der Waals surface area contributed by atoms with Crippen LogP contribution in [0, 0.1) is 0 Å². The van der Waals surface area contributed by atoms with Crippen LogP contribution >= 0.6 is 39.1 Å². The average Bonchev–Trinajstić information content (AvgIpc) is 2.91. The molecule has 1 atom stereocenters. The van der Waals surface area contributed by atoms with Crippen LogP contribution in [0.2, 0.25) is 10.0 Å². The molecular formula is C15H12BrCl2NO4. The maximum Gasteiger partial charge on any atom is 0.374 e. The molecule has 23 heavy (non-hydrogen) atoms. The molecule has 0 spiro atoms. The first-order chi connectivity index (χ1) is 10.9. The van der Waals surface area contributed by atoms with Gasteiger partial charge in [-0.1, -0.05) is 29.3 Å². The van der Waals surface area contributed by atoms with E-state index < -0.39 is 18.5 Å². The second-order valence-electron chi connectivity index (χ2n) is 4.63. The number of benzene rings is 1. The normalized spacial score (nSPS) is 11.8. The molecule has 122 valence electrons. The Labute approximate surface area is 151 Å². The van der Waals surface area contributed by atoms with Crippen LogP contribution < -0.4 is 5.32 Å². The SMILES string of the molecule is C[C@H](NC(=O)COC(=O)c1ccc(Br)o1)c1ccc(Cl)cc1Cl. The highest BCUT2D eigenvalue weighted by molar-refractivity contribution is 9.10. The zero-order valence-electron chi connectivity index (χ0n) is 11.9. The average molecular weight is 421 g/mol. The number of carbonyl (C=O) groups excluding carboxylic acids is 2. The number of carbonyl (C=O) groups is 2. The first kappa shape index (κ1) is 17.8. The fourth-order valence-electron chi connectivity index (χ4n) is 1.84. The number of nitrogens with one attached hydrogen (secondary N) is 1. The van der Waals surface area contributed by atoms with Crippen LogP contribution in [-0.4, -0.2) is 18.5 Å². The van der Waals surface area contributed by atoms with Crippen LogP contribution in [-0.2, 0) is 9.53 Å². The Morgan fingerprint density at radius 1 is 1.30 bits per heavy atom. The summed E-state index contributed by atoms with van der Waals surface area (Å²) in [5.41, 5.74) is 0.714. The van der Waals surface area contributed by atoms with Gasteiger partial charge in [-0.15, -0.1) is 0 Å². The van der Waals surface area contributed by atoms with Gasteiger partial charge in [-0.2, -0.15) is 0 Å². The second-order valence-corrected chi connectivity index (χ2v) is 6.26. The molecule has 2 rings (SSSR count). The van der Waals surface area contributed by atoms with Crippen molar-refractivity contribution in [3.05, 3.63) is 56.4 Å². The third kappa shape index (κ3) is 4.99. The predicted octanol–water partition coefficient (Wildman–Crippen LogP) is 4.38. The molecule has 1 aromatic carbocycles. The van der Waals surface area contributed by atoms with Crippen molar-refractivity contribution in [3.63, 3.8) is 0 Å². The summed E-state index contributed by atoms with van der Waals surface area (Å²) >= 11 is 15.0. The molecule has 0 radical (unpaired) electrons. The molecule has 0 saturated carbocycles. The van der Waals surface area contributed by atoms with E-state index in [0.717, 1.165) is 0 Å². The quantitative estimate of drug-likeness (QED) is 0.728. The molecule has 5 nitrogen and oxygen atoms in total. The highest BCUT2D eigenvalue weighted by atomic mass is 79.9. The molecule has 0 saturated heterocycles. The molecule has 0 bridgehead atoms. The smallest absolute Gasteiger partial charge is 0.374 e. The van der Waals surface area contributed by atoms with Crippen LogP contribution in [0.4, 0.5) is 0 Å². The van der Waals surface area contributed by atoms with E-state index in [2.05, 4.69) is 21.2 Å². The zero-order chi connectivity index (χ0) is 17.0. The number of halogens is 3. The van der Waals surface area contributed by atoms with Crippen LogP contribution in [0.3, 0.4) is 0 Å². The first-order valence-electron chi connectivity index (χ1n) is 6.53. The van der Waals surface area contributed by atoms with E-state index in [4.69, 9.17) is 32.4 Å². The summed E-state index contributed by atoms with van der Waals surface area (Å²) in [4.78, 5) is 23.5. The van der Waals surface area contributed by atoms with E-state index in [1.807, 2.05) is 0 Å². The topological polar surface area (TPSA) is 68.5 Å². The highest BCUT2D eigenvalue weighted by Gasteiger charge is 2.16. The van der Waals surface area contributed by atoms with E-state index >= 15 is 0 Å². The van der Waals surface area contributed by atoms with E-state index in [1.165, 1.54) is 6.07 Å². The molecule has 8 heteroatoms. The summed E-state index contributed by atoms with van der Waals surface area (Å²) < 4.78 is 10.3. The second kappa shape index (κ2) is 7.86. The largest absolute Gasteiger partial charge is 0.450 e. The maximum absolute atomic E-state index is 11.8. The third-order valence-corrected chi connectivity index (χ3v) is 3.90. The Hall–Kier alpha value is -1.50. The summed E-state index contributed by atoms with van der Waals surface area (Å²) in [5, 5.41) is 3.64. The summed E-state index contributed by atoms with van der Waals surface area (Å²) in [6.45, 7) is 1.34. The summed E-state index contributed by atoms with van der Waals surface area (Å²) in [7, 11) is 0. The van der Waals surface area contributed by atoms with Gasteiger partial charge >= 0.3 is 5.97 Å². The van der Waals surface area contributed by atoms with Gasteiger partial charge in [0.25, 0.3) is 5.91 Å². The van der Waals surface area contributed by atoms with E-state index in [0.29, 0.717) is 20.3 Å². The Bertz CT molecular complexity index is 732. The van der Waals surface area contributed by atoms with Crippen molar-refractivity contribution in [2.45, 2.75) is 13.0 Å². The van der Waals surface area contributed by atoms with Gasteiger partial charge in [0.05, 0.1) is 6.04 Å². The first-order valence-corrected chi connectivity index (χ1v) is 8.08. The van der Waals surface area contributed by atoms with Gasteiger partial charge in [0, 0.05) is 10.0 Å². The Morgan fingerprint density at radius 3 is 2.65 bits per heavy atom. The van der Waals surface area contributed by atoms with Crippen LogP contribution in [0.25, 0.3) is 0 Å². The summed E-state index contributed by atoms with van der Waals surface area (Å²) in [6.07, 6.45) is 0. The molecule has 1 N–H and O–H groups in total. The number of rotatable bonds is 5. The molecule has 0 unspecified atom stereocenters. The van der Waals surface area contributed by atoms with Gasteiger partial charge in [-0.25, -0.2) is 4.79 Å². The van der Waals surface area contributed by atoms with Crippen molar-refractivity contribution in [1.82, 2.24) is 5.32 Å². The van der Waals surface area contributed by atoms with Crippen LogP contribution in [0.5, 0.6) is 0 Å². The number of hydrogen-bond donors (Lipinski definition) is 1. The van der Waals surface area contributed by atoms with Gasteiger partial charge in [-0.05, 0) is 52.7 Å². The van der Waals surface area contributed by atoms with Gasteiger partial charge in [0.15, 0.2) is 11.3 Å². The van der Waals surface area contributed by atoms with Gasteiger partial charge in [0.2, 0.25) is 5.76 Å². The minimum absolute atomic E-state index is 0.0125. The van der Waals surface area contributed by atoms with Gasteiger partial charge in [-0.3, -0.25) is 4.79 Å².